The number of esters is 2. The Morgan fingerprint density at radius 2 is 1.90 bits per heavy atom. The first-order valence-electron chi connectivity index (χ1n) is 14.3. The molecule has 218 valence electrons. The summed E-state index contributed by atoms with van der Waals surface area (Å²) in [6.45, 7) is 9.57. The number of pyridine rings is 2. The molecule has 4 heterocycles. The Kier molecular flexibility index (Phi) is 8.41. The molecule has 0 amide bonds. The van der Waals surface area contributed by atoms with Gasteiger partial charge in [-0.05, 0) is 64.0 Å². The number of ether oxygens (including phenoxy) is 2. The summed E-state index contributed by atoms with van der Waals surface area (Å²) in [5, 5.41) is 4.09. The van der Waals surface area contributed by atoms with Gasteiger partial charge in [0.15, 0.2) is 0 Å². The Morgan fingerprint density at radius 3 is 2.63 bits per heavy atom. The maximum absolute atomic E-state index is 13.7. The van der Waals surface area contributed by atoms with Gasteiger partial charge >= 0.3 is 20.5 Å². The molecule has 3 aromatic rings. The molecule has 2 aliphatic heterocycles. The molecule has 0 unspecified atom stereocenters. The second kappa shape index (κ2) is 11.8. The number of cyclic esters (lactones) is 1. The van der Waals surface area contributed by atoms with Crippen molar-refractivity contribution < 1.29 is 27.9 Å². The van der Waals surface area contributed by atoms with Crippen molar-refractivity contribution in [2.24, 2.45) is 0 Å². The van der Waals surface area contributed by atoms with Gasteiger partial charge in [0.25, 0.3) is 5.56 Å². The minimum Gasteiger partial charge on any atom is -0.457 e. The molecule has 0 spiro atoms. The van der Waals surface area contributed by atoms with Gasteiger partial charge in [-0.1, -0.05) is 25.1 Å². The molecule has 0 saturated carbocycles. The van der Waals surface area contributed by atoms with E-state index >= 15 is 0 Å². The zero-order valence-electron chi connectivity index (χ0n) is 24.1. The lowest BCUT2D eigenvalue weighted by Gasteiger charge is -2.35. The van der Waals surface area contributed by atoms with Crippen molar-refractivity contribution in [3.63, 3.8) is 0 Å². The molecule has 0 radical (unpaired) electrons. The van der Waals surface area contributed by atoms with Gasteiger partial charge < -0.3 is 28.2 Å². The summed E-state index contributed by atoms with van der Waals surface area (Å²) in [5.74, 6) is -1.28. The minimum absolute atomic E-state index is 0.0911. The van der Waals surface area contributed by atoms with Gasteiger partial charge in [-0.25, -0.2) is 9.78 Å². The number of hydrogen-bond donors (Lipinski definition) is 1. The number of hydrogen-bond acceptors (Lipinski definition) is 9. The molecule has 1 N–H and O–H groups in total. The smallest absolute Gasteiger partial charge is 0.355 e. The first kappa shape index (κ1) is 29.1. The first-order valence-corrected chi connectivity index (χ1v) is 16.8. The van der Waals surface area contributed by atoms with Crippen molar-refractivity contribution in [2.75, 3.05) is 26.3 Å². The lowest BCUT2D eigenvalue weighted by Crippen LogP contribution is -2.48. The molecule has 1 atom stereocenters. The summed E-state index contributed by atoms with van der Waals surface area (Å²) in [4.78, 5) is 44.7. The van der Waals surface area contributed by atoms with E-state index in [1.807, 2.05) is 50.7 Å². The van der Waals surface area contributed by atoms with Crippen molar-refractivity contribution in [2.45, 2.75) is 65.0 Å². The molecule has 0 aliphatic carbocycles. The number of para-hydroxylation sites is 1. The number of rotatable bonds is 12. The van der Waals surface area contributed by atoms with Gasteiger partial charge in [-0.15, -0.1) is 0 Å². The fourth-order valence-electron chi connectivity index (χ4n) is 5.83. The zero-order chi connectivity index (χ0) is 29.2. The third-order valence-corrected chi connectivity index (χ3v) is 10.9. The fraction of sp³-hybridized carbons (Fsp3) is 0.467. The minimum atomic E-state index is -2.24. The molecule has 41 heavy (non-hydrogen) atoms. The second-order valence-corrected chi connectivity index (χ2v) is 13.9. The van der Waals surface area contributed by atoms with Crippen LogP contribution in [0.5, 0.6) is 0 Å². The molecule has 0 saturated heterocycles. The average molecular weight is 580 g/mol. The van der Waals surface area contributed by atoms with E-state index in [0.29, 0.717) is 48.8 Å². The molecule has 0 bridgehead atoms. The predicted molar refractivity (Wildman–Crippen MR) is 156 cm³/mol. The first-order chi connectivity index (χ1) is 19.7. The van der Waals surface area contributed by atoms with Gasteiger partial charge in [0.05, 0.1) is 35.6 Å². The van der Waals surface area contributed by atoms with Gasteiger partial charge in [0.1, 0.15) is 6.61 Å². The monoisotopic (exact) mass is 579 g/mol. The summed E-state index contributed by atoms with van der Waals surface area (Å²) in [6, 6.07) is 12.4. The number of carbonyl (C=O) groups excluding carboxylic acids is 2. The van der Waals surface area contributed by atoms with E-state index in [9.17, 15) is 14.4 Å². The Labute approximate surface area is 240 Å². The number of nitrogens with one attached hydrogen (secondary N) is 1. The quantitative estimate of drug-likeness (QED) is 0.152. The summed E-state index contributed by atoms with van der Waals surface area (Å²) >= 11 is 0. The SMILES string of the molecule is CCO[Si](C)(CCCNCC(=O)O[C@]1(CC)C(=O)OCc2c1cc1n(c2=O)Cc2cc3ccccc3nc2-1)OCC. The van der Waals surface area contributed by atoms with Gasteiger partial charge in [0.2, 0.25) is 5.60 Å². The van der Waals surface area contributed by atoms with Crippen LogP contribution < -0.4 is 10.9 Å². The van der Waals surface area contributed by atoms with E-state index in [0.717, 1.165) is 28.9 Å². The van der Waals surface area contributed by atoms with Crippen LogP contribution in [-0.4, -0.2) is 56.4 Å². The van der Waals surface area contributed by atoms with Crippen molar-refractivity contribution in [3.05, 3.63) is 63.4 Å². The zero-order valence-corrected chi connectivity index (χ0v) is 25.1. The lowest BCUT2D eigenvalue weighted by atomic mass is 9.85. The van der Waals surface area contributed by atoms with Crippen LogP contribution in [0, 0.1) is 0 Å². The van der Waals surface area contributed by atoms with Crippen molar-refractivity contribution in [1.29, 1.82) is 0 Å². The molecule has 1 aromatic carbocycles. The van der Waals surface area contributed by atoms with Crippen LogP contribution in [0.4, 0.5) is 0 Å². The van der Waals surface area contributed by atoms with Gasteiger partial charge in [0, 0.05) is 29.7 Å². The molecule has 2 aliphatic rings. The Hall–Kier alpha value is -3.38. The van der Waals surface area contributed by atoms with E-state index < -0.39 is 26.1 Å². The van der Waals surface area contributed by atoms with Crippen molar-refractivity contribution >= 4 is 31.4 Å². The van der Waals surface area contributed by atoms with Gasteiger partial charge in [-0.2, -0.15) is 0 Å². The van der Waals surface area contributed by atoms with E-state index in [2.05, 4.69) is 5.32 Å². The summed E-state index contributed by atoms with van der Waals surface area (Å²) in [7, 11) is -2.24. The summed E-state index contributed by atoms with van der Waals surface area (Å²) in [5.41, 5.74) is 1.75. The van der Waals surface area contributed by atoms with Crippen LogP contribution >= 0.6 is 0 Å². The number of nitrogens with zero attached hydrogens (tertiary/aromatic N) is 2. The number of fused-ring (bicyclic) bond motifs is 5. The van der Waals surface area contributed by atoms with E-state index in [-0.39, 0.29) is 25.1 Å². The highest BCUT2D eigenvalue weighted by atomic mass is 28.4. The van der Waals surface area contributed by atoms with Crippen LogP contribution in [0.3, 0.4) is 0 Å². The standard InChI is InChI=1S/C30H37N3O7Si/c1-5-30(40-26(34)17-31-13-10-14-41(4,38-6-2)39-7-3)23-16-25-27-21(15-20-11-8-9-12-24(20)32-27)18-33(25)28(35)22(23)19-37-29(30)36/h8-9,11-12,15-16,31H,5-7,10,13-14,17-19H2,1-4H3/t30-/m0/s1. The Bertz CT molecular complexity index is 1530. The van der Waals surface area contributed by atoms with E-state index in [1.54, 1.807) is 17.6 Å². The normalized spacial score (nSPS) is 17.6. The molecular weight excluding hydrogens is 542 g/mol. The Balaban J connectivity index is 1.36. The highest BCUT2D eigenvalue weighted by molar-refractivity contribution is 6.66. The molecule has 5 rings (SSSR count). The fourth-order valence-corrected chi connectivity index (χ4v) is 8.25. The van der Waals surface area contributed by atoms with Crippen LogP contribution in [0.15, 0.2) is 41.2 Å². The highest BCUT2D eigenvalue weighted by Crippen LogP contribution is 2.40. The van der Waals surface area contributed by atoms with Crippen LogP contribution in [-0.2, 0) is 46.7 Å². The maximum atomic E-state index is 13.7. The Morgan fingerprint density at radius 1 is 1.15 bits per heavy atom. The van der Waals surface area contributed by atoms with Crippen LogP contribution in [0.1, 0.15) is 50.3 Å². The maximum Gasteiger partial charge on any atom is 0.355 e. The molecule has 10 nitrogen and oxygen atoms in total. The second-order valence-electron chi connectivity index (χ2n) is 10.5. The van der Waals surface area contributed by atoms with E-state index in [1.165, 1.54) is 0 Å². The van der Waals surface area contributed by atoms with E-state index in [4.69, 9.17) is 23.3 Å². The van der Waals surface area contributed by atoms with Crippen LogP contribution in [0.2, 0.25) is 12.6 Å². The van der Waals surface area contributed by atoms with Crippen molar-refractivity contribution in [3.8, 4) is 11.4 Å². The predicted octanol–water partition coefficient (Wildman–Crippen LogP) is 3.76. The highest BCUT2D eigenvalue weighted by Gasteiger charge is 2.50. The third kappa shape index (κ3) is 5.46. The lowest BCUT2D eigenvalue weighted by molar-refractivity contribution is -0.189. The van der Waals surface area contributed by atoms with Gasteiger partial charge in [-0.3, -0.25) is 9.59 Å². The molecule has 0 fully saturated rings. The summed E-state index contributed by atoms with van der Waals surface area (Å²) in [6.07, 6.45) is 0.891. The molecule has 2 aromatic heterocycles. The number of benzene rings is 1. The number of carbonyl (C=O) groups is 2. The molecule has 11 heteroatoms. The number of aromatic nitrogens is 2. The topological polar surface area (TPSA) is 118 Å². The summed E-state index contributed by atoms with van der Waals surface area (Å²) < 4.78 is 24.7. The molecular formula is C30H37N3O7Si. The average Bonchev–Trinajstić information content (AvgIpc) is 3.31. The third-order valence-electron chi connectivity index (χ3n) is 7.83. The van der Waals surface area contributed by atoms with Crippen molar-refractivity contribution in [1.82, 2.24) is 14.9 Å². The largest absolute Gasteiger partial charge is 0.457 e. The van der Waals surface area contributed by atoms with Crippen LogP contribution in [0.25, 0.3) is 22.3 Å².